The first-order chi connectivity index (χ1) is 18.2. The molecular weight excluding hydrogens is 518 g/mol. The maximum absolute atomic E-state index is 14.2. The molecule has 2 unspecified atom stereocenters. The summed E-state index contributed by atoms with van der Waals surface area (Å²) >= 11 is 6.40. The van der Waals surface area contributed by atoms with E-state index in [0.717, 1.165) is 12.0 Å². The summed E-state index contributed by atoms with van der Waals surface area (Å²) in [5.41, 5.74) is 1.27. The topological polar surface area (TPSA) is 108 Å². The molecule has 39 heavy (non-hydrogen) atoms. The lowest BCUT2D eigenvalue weighted by molar-refractivity contribution is -0.141. The van der Waals surface area contributed by atoms with Crippen molar-refractivity contribution in [3.8, 4) is 5.75 Å². The normalized spacial score (nSPS) is 13.0. The summed E-state index contributed by atoms with van der Waals surface area (Å²) in [4.78, 5) is 42.3. The second-order valence-electron chi connectivity index (χ2n) is 11.1. The molecule has 0 radical (unpaired) electrons. The van der Waals surface area contributed by atoms with Gasteiger partial charge in [0.05, 0.1) is 10.7 Å². The van der Waals surface area contributed by atoms with Crippen LogP contribution in [0.4, 0.5) is 10.5 Å². The fourth-order valence-corrected chi connectivity index (χ4v) is 4.43. The molecule has 0 heterocycles. The van der Waals surface area contributed by atoms with Crippen molar-refractivity contribution in [2.75, 3.05) is 11.9 Å². The molecule has 9 heteroatoms. The second kappa shape index (κ2) is 13.7. The van der Waals surface area contributed by atoms with E-state index >= 15 is 0 Å². The third-order valence-electron chi connectivity index (χ3n) is 6.23. The third-order valence-corrected chi connectivity index (χ3v) is 6.55. The predicted molar refractivity (Wildman–Crippen MR) is 155 cm³/mol. The molecule has 0 aliphatic heterocycles. The number of alkyl carbamates (subject to hydrolysis) is 1. The molecule has 2 rings (SSSR count). The molecule has 2 atom stereocenters. The molecule has 0 spiro atoms. The zero-order valence-electron chi connectivity index (χ0n) is 24.2. The van der Waals surface area contributed by atoms with Crippen LogP contribution in [0, 0.1) is 19.8 Å². The fraction of sp³-hybridized carbons (Fsp3) is 0.500. The Kier molecular flexibility index (Phi) is 11.2. The molecule has 0 aromatic heterocycles. The van der Waals surface area contributed by atoms with Gasteiger partial charge in [-0.1, -0.05) is 69.1 Å². The number of para-hydroxylation sites is 2. The Bertz CT molecular complexity index is 1160. The average molecular weight is 560 g/mol. The van der Waals surface area contributed by atoms with Gasteiger partial charge in [0.1, 0.15) is 23.4 Å². The molecule has 2 aromatic carbocycles. The van der Waals surface area contributed by atoms with E-state index in [0.29, 0.717) is 22.7 Å². The SMILES string of the molecule is CCCCN(C(=O)C(NC(=O)OC(C)(C)C)C(C)C)C(C(=O)Nc1c(C)cccc1Cl)c1cccc(C)c1O. The number of hydrogen-bond acceptors (Lipinski definition) is 5. The Morgan fingerprint density at radius 2 is 1.67 bits per heavy atom. The maximum Gasteiger partial charge on any atom is 0.408 e. The van der Waals surface area contributed by atoms with Crippen LogP contribution in [0.15, 0.2) is 36.4 Å². The summed E-state index contributed by atoms with van der Waals surface area (Å²) in [6, 6.07) is 8.19. The molecule has 3 N–H and O–H groups in total. The van der Waals surface area contributed by atoms with E-state index in [4.69, 9.17) is 16.3 Å². The zero-order chi connectivity index (χ0) is 29.5. The number of anilines is 1. The number of ether oxygens (including phenoxy) is 1. The van der Waals surface area contributed by atoms with Gasteiger partial charge in [-0.05, 0) is 64.2 Å². The van der Waals surface area contributed by atoms with E-state index in [2.05, 4.69) is 10.6 Å². The highest BCUT2D eigenvalue weighted by atomic mass is 35.5. The number of aryl methyl sites for hydroxylation is 2. The van der Waals surface area contributed by atoms with Crippen molar-refractivity contribution in [2.24, 2.45) is 5.92 Å². The van der Waals surface area contributed by atoms with Crippen LogP contribution in [0.1, 0.15) is 77.1 Å². The quantitative estimate of drug-likeness (QED) is 0.307. The number of phenolic OH excluding ortho intramolecular Hbond substituents is 1. The number of hydrogen-bond donors (Lipinski definition) is 3. The van der Waals surface area contributed by atoms with Gasteiger partial charge in [0.25, 0.3) is 5.91 Å². The number of nitrogens with one attached hydrogen (secondary N) is 2. The molecule has 0 bridgehead atoms. The van der Waals surface area contributed by atoms with Crippen molar-refractivity contribution in [1.82, 2.24) is 10.2 Å². The molecule has 2 aromatic rings. The minimum absolute atomic E-state index is 0.0796. The number of amides is 3. The Morgan fingerprint density at radius 1 is 1.05 bits per heavy atom. The Labute approximate surface area is 237 Å². The molecule has 214 valence electrons. The lowest BCUT2D eigenvalue weighted by Crippen LogP contribution is -2.54. The molecule has 0 aliphatic carbocycles. The highest BCUT2D eigenvalue weighted by Gasteiger charge is 2.38. The predicted octanol–water partition coefficient (Wildman–Crippen LogP) is 6.52. The van der Waals surface area contributed by atoms with E-state index < -0.39 is 35.6 Å². The van der Waals surface area contributed by atoms with Crippen molar-refractivity contribution in [3.63, 3.8) is 0 Å². The number of carbonyl (C=O) groups excluding carboxylic acids is 3. The smallest absolute Gasteiger partial charge is 0.408 e. The summed E-state index contributed by atoms with van der Waals surface area (Å²) in [5.74, 6) is -1.38. The van der Waals surface area contributed by atoms with Crippen molar-refractivity contribution in [1.29, 1.82) is 0 Å². The number of halogens is 1. The lowest BCUT2D eigenvalue weighted by Gasteiger charge is -2.36. The summed E-state index contributed by atoms with van der Waals surface area (Å²) in [6.07, 6.45) is 0.633. The van der Waals surface area contributed by atoms with E-state index in [1.807, 2.05) is 33.8 Å². The van der Waals surface area contributed by atoms with E-state index in [1.54, 1.807) is 58.0 Å². The fourth-order valence-electron chi connectivity index (χ4n) is 4.16. The first-order valence-corrected chi connectivity index (χ1v) is 13.7. The Balaban J connectivity index is 2.62. The van der Waals surface area contributed by atoms with E-state index in [-0.39, 0.29) is 23.8 Å². The van der Waals surface area contributed by atoms with Crippen LogP contribution >= 0.6 is 11.6 Å². The van der Waals surface area contributed by atoms with Crippen LogP contribution in [0.25, 0.3) is 0 Å². The van der Waals surface area contributed by atoms with Gasteiger partial charge in [0, 0.05) is 12.1 Å². The minimum Gasteiger partial charge on any atom is -0.507 e. The third kappa shape index (κ3) is 8.62. The van der Waals surface area contributed by atoms with Crippen molar-refractivity contribution < 1.29 is 24.2 Å². The maximum atomic E-state index is 14.2. The molecule has 0 saturated carbocycles. The number of unbranched alkanes of at least 4 members (excludes halogenated alkanes) is 1. The molecule has 3 amide bonds. The molecule has 0 aliphatic rings. The summed E-state index contributed by atoms with van der Waals surface area (Å²) in [6.45, 7) is 14.6. The summed E-state index contributed by atoms with van der Waals surface area (Å²) < 4.78 is 5.41. The van der Waals surface area contributed by atoms with Gasteiger partial charge in [-0.2, -0.15) is 0 Å². The number of rotatable bonds is 10. The molecule has 8 nitrogen and oxygen atoms in total. The number of benzene rings is 2. The van der Waals surface area contributed by atoms with Crippen LogP contribution in [0.3, 0.4) is 0 Å². The van der Waals surface area contributed by atoms with Gasteiger partial charge < -0.3 is 25.4 Å². The average Bonchev–Trinajstić information content (AvgIpc) is 2.83. The highest BCUT2D eigenvalue weighted by Crippen LogP contribution is 2.35. The number of nitrogens with zero attached hydrogens (tertiary/aromatic N) is 1. The monoisotopic (exact) mass is 559 g/mol. The summed E-state index contributed by atoms with van der Waals surface area (Å²) in [7, 11) is 0. The van der Waals surface area contributed by atoms with Crippen LogP contribution in [0.2, 0.25) is 5.02 Å². The van der Waals surface area contributed by atoms with Crippen molar-refractivity contribution in [2.45, 2.75) is 85.9 Å². The number of carbonyl (C=O) groups is 3. The van der Waals surface area contributed by atoms with Gasteiger partial charge in [-0.15, -0.1) is 0 Å². The number of phenols is 1. The molecule has 0 fully saturated rings. The Morgan fingerprint density at radius 3 is 2.23 bits per heavy atom. The first-order valence-electron chi connectivity index (χ1n) is 13.3. The standard InChI is InChI=1S/C30H42ClN3O5/c1-9-10-17-34(28(37)23(18(2)3)33-29(38)39-30(6,7)8)25(21-15-11-14-20(5)26(21)35)27(36)32-24-19(4)13-12-16-22(24)31/h11-16,18,23,25,35H,9-10,17H2,1-8H3,(H,32,36)(H,33,38). The van der Waals surface area contributed by atoms with Crippen LogP contribution in [0.5, 0.6) is 5.75 Å². The van der Waals surface area contributed by atoms with Gasteiger partial charge >= 0.3 is 6.09 Å². The van der Waals surface area contributed by atoms with Gasteiger partial charge in [0.2, 0.25) is 5.91 Å². The van der Waals surface area contributed by atoms with Gasteiger partial charge in [-0.25, -0.2) is 4.79 Å². The summed E-state index contributed by atoms with van der Waals surface area (Å²) in [5, 5.41) is 17.0. The van der Waals surface area contributed by atoms with Crippen molar-refractivity contribution >= 4 is 35.2 Å². The van der Waals surface area contributed by atoms with Crippen LogP contribution < -0.4 is 10.6 Å². The van der Waals surface area contributed by atoms with E-state index in [9.17, 15) is 19.5 Å². The zero-order valence-corrected chi connectivity index (χ0v) is 25.0. The van der Waals surface area contributed by atoms with Crippen molar-refractivity contribution in [3.05, 3.63) is 58.1 Å². The Hall–Kier alpha value is -3.26. The minimum atomic E-state index is -1.19. The van der Waals surface area contributed by atoms with Crippen LogP contribution in [-0.2, 0) is 14.3 Å². The van der Waals surface area contributed by atoms with E-state index in [1.165, 1.54) is 4.90 Å². The lowest BCUT2D eigenvalue weighted by atomic mass is 9.96. The molecular formula is C30H42ClN3O5. The first kappa shape index (κ1) is 32.0. The molecule has 0 saturated heterocycles. The highest BCUT2D eigenvalue weighted by molar-refractivity contribution is 6.34. The second-order valence-corrected chi connectivity index (χ2v) is 11.5. The largest absolute Gasteiger partial charge is 0.507 e. The number of aromatic hydroxyl groups is 1. The van der Waals surface area contributed by atoms with Gasteiger partial charge in [0.15, 0.2) is 0 Å². The van der Waals surface area contributed by atoms with Crippen LogP contribution in [-0.4, -0.2) is 46.1 Å². The van der Waals surface area contributed by atoms with Gasteiger partial charge in [-0.3, -0.25) is 9.59 Å².